The van der Waals surface area contributed by atoms with Crippen LogP contribution in [0.25, 0.3) is 0 Å². The minimum atomic E-state index is 0.116. The minimum absolute atomic E-state index is 0.116. The molecule has 19 heavy (non-hydrogen) atoms. The van der Waals surface area contributed by atoms with Crippen LogP contribution in [0.5, 0.6) is 0 Å². The number of benzene rings is 2. The van der Waals surface area contributed by atoms with Gasteiger partial charge in [0.25, 0.3) is 0 Å². The van der Waals surface area contributed by atoms with Gasteiger partial charge in [0, 0.05) is 24.8 Å². The highest BCUT2D eigenvalue weighted by Crippen LogP contribution is 2.28. The first-order valence-electron chi connectivity index (χ1n) is 6.32. The molecule has 2 rings (SSSR count). The van der Waals surface area contributed by atoms with Crippen molar-refractivity contribution in [2.75, 3.05) is 26.0 Å². The molecular formula is C16H19ClN2. The van der Waals surface area contributed by atoms with Gasteiger partial charge in [0.2, 0.25) is 0 Å². The summed E-state index contributed by atoms with van der Waals surface area (Å²) in [5, 5.41) is 4.12. The third kappa shape index (κ3) is 3.09. The van der Waals surface area contributed by atoms with E-state index in [1.807, 2.05) is 39.3 Å². The maximum Gasteiger partial charge on any atom is 0.0589 e. The molecule has 2 aromatic rings. The highest BCUT2D eigenvalue weighted by molar-refractivity contribution is 6.31. The Morgan fingerprint density at radius 1 is 1.00 bits per heavy atom. The summed E-state index contributed by atoms with van der Waals surface area (Å²) in [6.45, 7) is 0. The largest absolute Gasteiger partial charge is 0.378 e. The van der Waals surface area contributed by atoms with Crippen molar-refractivity contribution >= 4 is 17.3 Å². The van der Waals surface area contributed by atoms with Gasteiger partial charge in [-0.05, 0) is 36.4 Å². The lowest BCUT2D eigenvalue weighted by Crippen LogP contribution is -2.18. The van der Waals surface area contributed by atoms with E-state index in [2.05, 4.69) is 40.5 Å². The normalized spacial score (nSPS) is 12.2. The molecule has 0 aromatic heterocycles. The van der Waals surface area contributed by atoms with Crippen molar-refractivity contribution < 1.29 is 0 Å². The van der Waals surface area contributed by atoms with E-state index in [1.54, 1.807) is 0 Å². The quantitative estimate of drug-likeness (QED) is 0.914. The summed E-state index contributed by atoms with van der Waals surface area (Å²) in [6, 6.07) is 16.6. The molecule has 2 nitrogen and oxygen atoms in total. The van der Waals surface area contributed by atoms with Crippen molar-refractivity contribution in [1.29, 1.82) is 0 Å². The number of hydrogen-bond donors (Lipinski definition) is 1. The van der Waals surface area contributed by atoms with E-state index in [4.69, 9.17) is 11.6 Å². The Hall–Kier alpha value is -1.51. The van der Waals surface area contributed by atoms with Gasteiger partial charge >= 0.3 is 0 Å². The van der Waals surface area contributed by atoms with Gasteiger partial charge in [0.05, 0.1) is 6.04 Å². The van der Waals surface area contributed by atoms with Gasteiger partial charge in [-0.2, -0.15) is 0 Å². The van der Waals surface area contributed by atoms with Crippen LogP contribution >= 0.6 is 11.6 Å². The third-order valence-corrected chi connectivity index (χ3v) is 3.59. The Labute approximate surface area is 120 Å². The lowest BCUT2D eigenvalue weighted by atomic mass is 9.98. The van der Waals surface area contributed by atoms with Crippen LogP contribution in [0.1, 0.15) is 17.2 Å². The summed E-state index contributed by atoms with van der Waals surface area (Å²) in [4.78, 5) is 2.09. The minimum Gasteiger partial charge on any atom is -0.378 e. The maximum absolute atomic E-state index is 6.28. The zero-order valence-electron chi connectivity index (χ0n) is 11.5. The summed E-state index contributed by atoms with van der Waals surface area (Å²) in [5.41, 5.74) is 3.50. The Balaban J connectivity index is 2.35. The van der Waals surface area contributed by atoms with E-state index in [0.717, 1.165) is 10.6 Å². The second-order valence-corrected chi connectivity index (χ2v) is 5.14. The molecule has 3 heteroatoms. The van der Waals surface area contributed by atoms with Gasteiger partial charge in [0.15, 0.2) is 0 Å². The number of anilines is 1. The fourth-order valence-electron chi connectivity index (χ4n) is 2.18. The number of nitrogens with one attached hydrogen (secondary N) is 1. The van der Waals surface area contributed by atoms with Crippen LogP contribution in [-0.2, 0) is 0 Å². The summed E-state index contributed by atoms with van der Waals surface area (Å²) in [6.07, 6.45) is 0. The van der Waals surface area contributed by atoms with E-state index >= 15 is 0 Å². The number of rotatable bonds is 4. The van der Waals surface area contributed by atoms with Crippen LogP contribution in [0, 0.1) is 0 Å². The van der Waals surface area contributed by atoms with Gasteiger partial charge in [-0.25, -0.2) is 0 Å². The van der Waals surface area contributed by atoms with Gasteiger partial charge in [-0.3, -0.25) is 0 Å². The molecular weight excluding hydrogens is 256 g/mol. The Kier molecular flexibility index (Phi) is 4.46. The third-order valence-electron chi connectivity index (χ3n) is 3.25. The molecule has 0 aliphatic heterocycles. The molecule has 1 N–H and O–H groups in total. The standard InChI is InChI=1S/C16H19ClN2/c1-18-16(14-6-4-5-7-15(14)17)12-8-10-13(11-9-12)19(2)3/h4-11,16,18H,1-3H3. The van der Waals surface area contributed by atoms with Crippen LogP contribution in [0.3, 0.4) is 0 Å². The fraction of sp³-hybridized carbons (Fsp3) is 0.250. The van der Waals surface area contributed by atoms with Crippen molar-refractivity contribution in [2.45, 2.75) is 6.04 Å². The molecule has 0 heterocycles. The number of hydrogen-bond acceptors (Lipinski definition) is 2. The molecule has 2 aromatic carbocycles. The molecule has 0 aliphatic carbocycles. The zero-order chi connectivity index (χ0) is 13.8. The summed E-state index contributed by atoms with van der Waals surface area (Å²) >= 11 is 6.28. The first kappa shape index (κ1) is 13.9. The van der Waals surface area contributed by atoms with Crippen molar-refractivity contribution in [3.63, 3.8) is 0 Å². The average molecular weight is 275 g/mol. The van der Waals surface area contributed by atoms with E-state index in [0.29, 0.717) is 0 Å². The zero-order valence-corrected chi connectivity index (χ0v) is 12.3. The maximum atomic E-state index is 6.28. The van der Waals surface area contributed by atoms with Gasteiger partial charge in [0.1, 0.15) is 0 Å². The van der Waals surface area contributed by atoms with Gasteiger partial charge in [-0.15, -0.1) is 0 Å². The lowest BCUT2D eigenvalue weighted by Gasteiger charge is -2.20. The molecule has 0 fully saturated rings. The van der Waals surface area contributed by atoms with Crippen molar-refractivity contribution in [1.82, 2.24) is 5.32 Å². The molecule has 0 saturated heterocycles. The van der Waals surface area contributed by atoms with E-state index in [-0.39, 0.29) is 6.04 Å². The van der Waals surface area contributed by atoms with E-state index in [1.165, 1.54) is 11.3 Å². The predicted molar refractivity (Wildman–Crippen MR) is 83.1 cm³/mol. The first-order valence-corrected chi connectivity index (χ1v) is 6.70. The topological polar surface area (TPSA) is 15.3 Å². The molecule has 0 aliphatic rings. The smallest absolute Gasteiger partial charge is 0.0589 e. The van der Waals surface area contributed by atoms with Gasteiger partial charge < -0.3 is 10.2 Å². The van der Waals surface area contributed by atoms with Crippen LogP contribution < -0.4 is 10.2 Å². The SMILES string of the molecule is CNC(c1ccc(N(C)C)cc1)c1ccccc1Cl. The molecule has 0 radical (unpaired) electrons. The predicted octanol–water partition coefficient (Wildman–Crippen LogP) is 3.71. The van der Waals surface area contributed by atoms with Crippen LogP contribution in [0.15, 0.2) is 48.5 Å². The van der Waals surface area contributed by atoms with Gasteiger partial charge in [-0.1, -0.05) is 41.9 Å². The highest BCUT2D eigenvalue weighted by Gasteiger charge is 2.14. The Morgan fingerprint density at radius 2 is 1.63 bits per heavy atom. The second-order valence-electron chi connectivity index (χ2n) is 4.73. The Morgan fingerprint density at radius 3 is 2.16 bits per heavy atom. The van der Waals surface area contributed by atoms with Crippen molar-refractivity contribution in [3.8, 4) is 0 Å². The fourth-order valence-corrected chi connectivity index (χ4v) is 2.42. The monoisotopic (exact) mass is 274 g/mol. The molecule has 0 spiro atoms. The molecule has 100 valence electrons. The average Bonchev–Trinajstić information content (AvgIpc) is 2.42. The second kappa shape index (κ2) is 6.09. The van der Waals surface area contributed by atoms with Crippen molar-refractivity contribution in [2.24, 2.45) is 0 Å². The van der Waals surface area contributed by atoms with Crippen molar-refractivity contribution in [3.05, 3.63) is 64.7 Å². The number of nitrogens with zero attached hydrogens (tertiary/aromatic N) is 1. The molecule has 0 amide bonds. The highest BCUT2D eigenvalue weighted by atomic mass is 35.5. The first-order chi connectivity index (χ1) is 9.13. The van der Waals surface area contributed by atoms with Crippen LogP contribution in [-0.4, -0.2) is 21.1 Å². The van der Waals surface area contributed by atoms with E-state index in [9.17, 15) is 0 Å². The molecule has 0 saturated carbocycles. The van der Waals surface area contributed by atoms with E-state index < -0.39 is 0 Å². The number of halogens is 1. The molecule has 1 atom stereocenters. The summed E-state index contributed by atoms with van der Waals surface area (Å²) < 4.78 is 0. The molecule has 1 unspecified atom stereocenters. The Bertz CT molecular complexity index is 535. The van der Waals surface area contributed by atoms with Crippen LogP contribution in [0.4, 0.5) is 5.69 Å². The van der Waals surface area contributed by atoms with Crippen LogP contribution in [0.2, 0.25) is 5.02 Å². The summed E-state index contributed by atoms with van der Waals surface area (Å²) in [5.74, 6) is 0. The summed E-state index contributed by atoms with van der Waals surface area (Å²) in [7, 11) is 6.03. The lowest BCUT2D eigenvalue weighted by molar-refractivity contribution is 0.692. The molecule has 0 bridgehead atoms.